The summed E-state index contributed by atoms with van der Waals surface area (Å²) in [5.41, 5.74) is -3.55. The van der Waals surface area contributed by atoms with Crippen molar-refractivity contribution in [1.82, 2.24) is 9.78 Å². The SMILES string of the molecule is CCn1cc(S(=O)(=O)N2C[C@@H]([C@@H](O)C(F)(F)F)Oc3ccc(NC(=O)OC(C)(C)C(F)(F)F)cc32)c(Cl)n1. The van der Waals surface area contributed by atoms with E-state index in [9.17, 15) is 44.7 Å². The van der Waals surface area contributed by atoms with E-state index >= 15 is 0 Å². The number of carbonyl (C=O) groups excluding carboxylic acids is 1. The van der Waals surface area contributed by atoms with Crippen molar-refractivity contribution in [2.75, 3.05) is 16.2 Å². The number of hydrogen-bond acceptors (Lipinski definition) is 7. The highest BCUT2D eigenvalue weighted by atomic mass is 35.5. The van der Waals surface area contributed by atoms with Crippen LogP contribution in [0.2, 0.25) is 5.15 Å². The summed E-state index contributed by atoms with van der Waals surface area (Å²) in [6.45, 7) is 1.99. The van der Waals surface area contributed by atoms with Crippen molar-refractivity contribution in [2.45, 2.75) is 62.4 Å². The van der Waals surface area contributed by atoms with E-state index in [1.807, 2.05) is 5.32 Å². The van der Waals surface area contributed by atoms with Gasteiger partial charge in [-0.3, -0.25) is 14.3 Å². The van der Waals surface area contributed by atoms with Crippen molar-refractivity contribution < 1.29 is 54.1 Å². The molecular formula is C20H21ClF6N4O6S. The van der Waals surface area contributed by atoms with E-state index in [0.29, 0.717) is 18.2 Å². The zero-order valence-electron chi connectivity index (χ0n) is 19.8. The second-order valence-electron chi connectivity index (χ2n) is 8.52. The van der Waals surface area contributed by atoms with Crippen LogP contribution in [0, 0.1) is 0 Å². The summed E-state index contributed by atoms with van der Waals surface area (Å²) >= 11 is 5.96. The molecule has 38 heavy (non-hydrogen) atoms. The monoisotopic (exact) mass is 594 g/mol. The normalized spacial score (nSPS) is 17.4. The van der Waals surface area contributed by atoms with Crippen molar-refractivity contribution in [3.05, 3.63) is 29.5 Å². The van der Waals surface area contributed by atoms with Gasteiger partial charge >= 0.3 is 18.4 Å². The summed E-state index contributed by atoms with van der Waals surface area (Å²) in [5.74, 6) is -0.443. The molecule has 10 nitrogen and oxygen atoms in total. The number of aromatic nitrogens is 2. The van der Waals surface area contributed by atoms with Crippen LogP contribution in [0.25, 0.3) is 0 Å². The van der Waals surface area contributed by atoms with Crippen molar-refractivity contribution in [3.63, 3.8) is 0 Å². The van der Waals surface area contributed by atoms with Crippen LogP contribution in [-0.4, -0.2) is 66.1 Å². The third-order valence-corrected chi connectivity index (χ3v) is 7.57. The standard InChI is InChI=1S/C20H21ClF6N4O6S/c1-4-30-9-14(16(21)29-30)38(34,35)31-8-13(15(32)19(22,23)24)36-12-6-5-10(7-11(12)31)28-17(33)37-18(2,3)20(25,26)27/h5-7,9,13,15,32H,4,8H2,1-3H3,(H,28,33)/t13-,15+/m0/s1. The first-order valence-corrected chi connectivity index (χ1v) is 12.5. The molecular weight excluding hydrogens is 574 g/mol. The number of aliphatic hydroxyl groups is 1. The number of hydrogen-bond donors (Lipinski definition) is 2. The van der Waals surface area contributed by atoms with E-state index in [-0.39, 0.29) is 12.2 Å². The summed E-state index contributed by atoms with van der Waals surface area (Å²) in [4.78, 5) is 11.5. The number of nitrogens with zero attached hydrogens (tertiary/aromatic N) is 3. The number of aliphatic hydroxyl groups excluding tert-OH is 1. The van der Waals surface area contributed by atoms with E-state index in [1.54, 1.807) is 6.92 Å². The van der Waals surface area contributed by atoms with Gasteiger partial charge in [0.05, 0.1) is 12.2 Å². The molecule has 212 valence electrons. The molecule has 0 radical (unpaired) electrons. The number of halogens is 7. The summed E-state index contributed by atoms with van der Waals surface area (Å²) < 4.78 is 117. The number of carbonyl (C=O) groups is 1. The lowest BCUT2D eigenvalue weighted by atomic mass is 10.1. The Morgan fingerprint density at radius 2 is 1.92 bits per heavy atom. The second-order valence-corrected chi connectivity index (χ2v) is 10.7. The zero-order valence-corrected chi connectivity index (χ0v) is 21.3. The van der Waals surface area contributed by atoms with E-state index in [0.717, 1.165) is 29.1 Å². The van der Waals surface area contributed by atoms with E-state index in [1.165, 1.54) is 0 Å². The highest BCUT2D eigenvalue weighted by molar-refractivity contribution is 7.93. The molecule has 2 N–H and O–H groups in total. The van der Waals surface area contributed by atoms with Crippen LogP contribution < -0.4 is 14.4 Å². The average molecular weight is 595 g/mol. The Morgan fingerprint density at radius 3 is 2.45 bits per heavy atom. The van der Waals surface area contributed by atoms with Gasteiger partial charge in [-0.2, -0.15) is 31.4 Å². The molecule has 18 heteroatoms. The number of ether oxygens (including phenoxy) is 2. The molecule has 1 amide bonds. The maximum absolute atomic E-state index is 13.5. The van der Waals surface area contributed by atoms with Gasteiger partial charge in [0, 0.05) is 18.4 Å². The van der Waals surface area contributed by atoms with Gasteiger partial charge in [0.15, 0.2) is 17.4 Å². The number of rotatable bonds is 6. The van der Waals surface area contributed by atoms with Crippen LogP contribution >= 0.6 is 11.6 Å². The van der Waals surface area contributed by atoms with Crippen LogP contribution in [0.15, 0.2) is 29.3 Å². The molecule has 1 aliphatic heterocycles. The molecule has 0 bridgehead atoms. The van der Waals surface area contributed by atoms with Gasteiger partial charge in [0.2, 0.25) is 5.60 Å². The number of anilines is 2. The first-order valence-electron chi connectivity index (χ1n) is 10.7. The maximum atomic E-state index is 13.5. The van der Waals surface area contributed by atoms with Crippen LogP contribution in [-0.2, 0) is 21.3 Å². The molecule has 0 aliphatic carbocycles. The fourth-order valence-electron chi connectivity index (χ4n) is 3.22. The third kappa shape index (κ3) is 5.88. The summed E-state index contributed by atoms with van der Waals surface area (Å²) in [6, 6.07) is 2.92. The van der Waals surface area contributed by atoms with Gasteiger partial charge in [-0.05, 0) is 39.0 Å². The van der Waals surface area contributed by atoms with Gasteiger partial charge < -0.3 is 14.6 Å². The minimum atomic E-state index is -5.17. The predicted octanol–water partition coefficient (Wildman–Crippen LogP) is 4.33. The Kier molecular flexibility index (Phi) is 7.80. The molecule has 3 rings (SSSR count). The smallest absolute Gasteiger partial charge is 0.427 e. The molecule has 0 spiro atoms. The fraction of sp³-hybridized carbons (Fsp3) is 0.500. The number of nitrogens with one attached hydrogen (secondary N) is 1. The number of benzene rings is 1. The van der Waals surface area contributed by atoms with Crippen LogP contribution in [0.5, 0.6) is 5.75 Å². The Hall–Kier alpha value is -2.92. The first kappa shape index (κ1) is 29.6. The molecule has 0 saturated heterocycles. The summed E-state index contributed by atoms with van der Waals surface area (Å²) in [6.07, 6.45) is -15.8. The highest BCUT2D eigenvalue weighted by Gasteiger charge is 2.51. The molecule has 1 aromatic carbocycles. The summed E-state index contributed by atoms with van der Waals surface area (Å²) in [7, 11) is -4.73. The first-order chi connectivity index (χ1) is 17.3. The van der Waals surface area contributed by atoms with Crippen LogP contribution in [0.1, 0.15) is 20.8 Å². The second kappa shape index (κ2) is 10.00. The number of alkyl halides is 6. The lowest BCUT2D eigenvalue weighted by molar-refractivity contribution is -0.242. The van der Waals surface area contributed by atoms with Gasteiger partial charge in [0.25, 0.3) is 10.0 Å². The Morgan fingerprint density at radius 1 is 1.29 bits per heavy atom. The molecule has 0 saturated carbocycles. The van der Waals surface area contributed by atoms with Gasteiger partial charge in [-0.25, -0.2) is 13.2 Å². The van der Waals surface area contributed by atoms with Crippen molar-refractivity contribution in [2.24, 2.45) is 0 Å². The maximum Gasteiger partial charge on any atom is 0.427 e. The number of sulfonamides is 1. The lowest BCUT2D eigenvalue weighted by Crippen LogP contribution is -2.53. The average Bonchev–Trinajstić information content (AvgIpc) is 3.17. The Labute approximate surface area is 217 Å². The van der Waals surface area contributed by atoms with Gasteiger partial charge in [-0.15, -0.1) is 0 Å². The summed E-state index contributed by atoms with van der Waals surface area (Å²) in [5, 5.41) is 15.1. The van der Waals surface area contributed by atoms with E-state index < -0.39 is 74.3 Å². The minimum Gasteiger partial charge on any atom is -0.483 e. The molecule has 1 aromatic heterocycles. The highest BCUT2D eigenvalue weighted by Crippen LogP contribution is 2.42. The molecule has 2 atom stereocenters. The molecule has 0 fully saturated rings. The van der Waals surface area contributed by atoms with E-state index in [2.05, 4.69) is 9.84 Å². The fourth-order valence-corrected chi connectivity index (χ4v) is 5.15. The Balaban J connectivity index is 2.03. The number of aryl methyl sites for hydroxylation is 1. The largest absolute Gasteiger partial charge is 0.483 e. The van der Waals surface area contributed by atoms with Gasteiger partial charge in [0.1, 0.15) is 10.6 Å². The lowest BCUT2D eigenvalue weighted by Gasteiger charge is -2.37. The van der Waals surface area contributed by atoms with Crippen LogP contribution in [0.4, 0.5) is 42.5 Å². The van der Waals surface area contributed by atoms with Crippen molar-refractivity contribution >= 4 is 39.1 Å². The number of amides is 1. The Bertz CT molecular complexity index is 1310. The zero-order chi connectivity index (χ0) is 28.8. The van der Waals surface area contributed by atoms with Gasteiger partial charge in [-0.1, -0.05) is 11.6 Å². The molecule has 2 aromatic rings. The van der Waals surface area contributed by atoms with Crippen molar-refractivity contribution in [1.29, 1.82) is 0 Å². The minimum absolute atomic E-state index is 0.203. The molecule has 1 aliphatic rings. The predicted molar refractivity (Wildman–Crippen MR) is 121 cm³/mol. The molecule has 0 unspecified atom stereocenters. The number of fused-ring (bicyclic) bond motifs is 1. The topological polar surface area (TPSA) is 123 Å². The van der Waals surface area contributed by atoms with E-state index in [4.69, 9.17) is 16.3 Å². The van der Waals surface area contributed by atoms with Crippen molar-refractivity contribution in [3.8, 4) is 5.75 Å². The quantitative estimate of drug-likeness (QED) is 0.478. The third-order valence-electron chi connectivity index (χ3n) is 5.39. The van der Waals surface area contributed by atoms with Crippen LogP contribution in [0.3, 0.4) is 0 Å². The molecule has 2 heterocycles.